The Balaban J connectivity index is 1.91. The molecule has 0 spiro atoms. The number of nitrogens with zero attached hydrogens (tertiary/aromatic N) is 3. The Morgan fingerprint density at radius 1 is 1.00 bits per heavy atom. The zero-order valence-corrected chi connectivity index (χ0v) is 18.8. The lowest BCUT2D eigenvalue weighted by atomic mass is 10.0. The summed E-state index contributed by atoms with van der Waals surface area (Å²) < 4.78 is 24.3. The molecule has 0 saturated heterocycles. The molecule has 0 amide bonds. The Morgan fingerprint density at radius 3 is 2.38 bits per heavy atom. The minimum absolute atomic E-state index is 0.0825. The average Bonchev–Trinajstić information content (AvgIpc) is 3.14. The van der Waals surface area contributed by atoms with Crippen LogP contribution >= 0.6 is 0 Å². The number of aromatic nitrogens is 2. The monoisotopic (exact) mass is 435 g/mol. The number of benzene rings is 2. The van der Waals surface area contributed by atoms with E-state index in [0.29, 0.717) is 47.0 Å². The van der Waals surface area contributed by atoms with Crippen molar-refractivity contribution in [2.24, 2.45) is 0 Å². The summed E-state index contributed by atoms with van der Waals surface area (Å²) in [7, 11) is 7.16. The predicted octanol–water partition coefficient (Wildman–Crippen LogP) is 3.40. The summed E-state index contributed by atoms with van der Waals surface area (Å²) in [6.07, 6.45) is 1.37. The summed E-state index contributed by atoms with van der Waals surface area (Å²) in [6.45, 7) is 3.07. The van der Waals surface area contributed by atoms with Gasteiger partial charge in [-0.05, 0) is 26.2 Å². The van der Waals surface area contributed by atoms with E-state index in [1.54, 1.807) is 25.0 Å². The topological polar surface area (TPSA) is 75.1 Å². The molecule has 32 heavy (non-hydrogen) atoms. The van der Waals surface area contributed by atoms with E-state index in [-0.39, 0.29) is 11.8 Å². The van der Waals surface area contributed by atoms with Gasteiger partial charge in [0.1, 0.15) is 0 Å². The van der Waals surface area contributed by atoms with Crippen molar-refractivity contribution in [3.63, 3.8) is 0 Å². The predicted molar refractivity (Wildman–Crippen MR) is 123 cm³/mol. The van der Waals surface area contributed by atoms with Crippen molar-refractivity contribution in [2.45, 2.75) is 19.8 Å². The fourth-order valence-corrected chi connectivity index (χ4v) is 4.27. The first kappa shape index (κ1) is 20.4. The van der Waals surface area contributed by atoms with Crippen LogP contribution in [0, 0.1) is 0 Å². The summed E-state index contributed by atoms with van der Waals surface area (Å²) >= 11 is 0. The third-order valence-corrected chi connectivity index (χ3v) is 5.83. The third kappa shape index (κ3) is 3.10. The van der Waals surface area contributed by atoms with Crippen LogP contribution in [0.4, 0.5) is 0 Å². The lowest BCUT2D eigenvalue weighted by molar-refractivity contribution is 0.0679. The number of fused-ring (bicyclic) bond motifs is 6. The molecule has 1 aliphatic rings. The van der Waals surface area contributed by atoms with Crippen LogP contribution in [-0.4, -0.2) is 55.6 Å². The van der Waals surface area contributed by atoms with Crippen molar-refractivity contribution >= 4 is 32.6 Å². The van der Waals surface area contributed by atoms with Crippen LogP contribution in [0.3, 0.4) is 0 Å². The summed E-state index contributed by atoms with van der Waals surface area (Å²) in [5.74, 6) is 2.42. The maximum Gasteiger partial charge on any atom is 0.259 e. The Bertz CT molecular complexity index is 1430. The quantitative estimate of drug-likeness (QED) is 0.445. The van der Waals surface area contributed by atoms with E-state index in [1.807, 2.05) is 50.2 Å². The lowest BCUT2D eigenvalue weighted by Gasteiger charge is -2.18. The summed E-state index contributed by atoms with van der Waals surface area (Å²) in [5.41, 5.74) is 1.38. The molecule has 8 nitrogen and oxygen atoms in total. The maximum atomic E-state index is 13.9. The highest BCUT2D eigenvalue weighted by molar-refractivity contribution is 6.15. The standard InChI is InChI=1S/C24H25N3O5/c1-13-31-21-9-15-17(10-22(21)32-13)25-12-16-14-8-19(29-4)20(30-5)11-18(14)27(7-6-26(2)3)24(28)23(15)16/h8-13H,6-7H2,1-5H3. The molecule has 8 heteroatoms. The van der Waals surface area contributed by atoms with Crippen molar-refractivity contribution in [1.29, 1.82) is 0 Å². The van der Waals surface area contributed by atoms with Gasteiger partial charge in [0, 0.05) is 54.5 Å². The molecule has 0 fully saturated rings. The van der Waals surface area contributed by atoms with Crippen LogP contribution in [0.15, 0.2) is 35.3 Å². The maximum absolute atomic E-state index is 13.9. The molecule has 3 heterocycles. The Labute approximate surface area is 184 Å². The molecular weight excluding hydrogens is 410 g/mol. The molecule has 166 valence electrons. The first-order valence-corrected chi connectivity index (χ1v) is 10.4. The number of ether oxygens (including phenoxy) is 4. The van der Waals surface area contributed by atoms with Gasteiger partial charge in [0.05, 0.1) is 30.6 Å². The molecule has 5 rings (SSSR count). The van der Waals surface area contributed by atoms with Gasteiger partial charge in [0.2, 0.25) is 6.29 Å². The Morgan fingerprint density at radius 2 is 1.69 bits per heavy atom. The largest absolute Gasteiger partial charge is 0.493 e. The van der Waals surface area contributed by atoms with Gasteiger partial charge in [0.15, 0.2) is 23.0 Å². The van der Waals surface area contributed by atoms with Crippen molar-refractivity contribution in [2.75, 3.05) is 34.9 Å². The van der Waals surface area contributed by atoms with Gasteiger partial charge in [-0.3, -0.25) is 9.78 Å². The van der Waals surface area contributed by atoms with Gasteiger partial charge >= 0.3 is 0 Å². The number of methoxy groups -OCH3 is 2. The van der Waals surface area contributed by atoms with Gasteiger partial charge in [0.25, 0.3) is 5.56 Å². The lowest BCUT2D eigenvalue weighted by Crippen LogP contribution is -2.27. The van der Waals surface area contributed by atoms with Crippen molar-refractivity contribution in [1.82, 2.24) is 14.5 Å². The molecule has 0 aliphatic carbocycles. The summed E-state index contributed by atoms with van der Waals surface area (Å²) in [5, 5.41) is 2.96. The van der Waals surface area contributed by atoms with Crippen molar-refractivity contribution in [3.8, 4) is 23.0 Å². The second kappa shape index (κ2) is 7.56. The molecule has 1 aliphatic heterocycles. The Kier molecular flexibility index (Phi) is 4.82. The molecule has 1 atom stereocenters. The van der Waals surface area contributed by atoms with Crippen LogP contribution in [-0.2, 0) is 6.54 Å². The molecule has 4 aromatic rings. The highest BCUT2D eigenvalue weighted by Gasteiger charge is 2.23. The average molecular weight is 435 g/mol. The zero-order valence-electron chi connectivity index (χ0n) is 18.8. The van der Waals surface area contributed by atoms with Crippen LogP contribution < -0.4 is 24.5 Å². The van der Waals surface area contributed by atoms with Crippen LogP contribution in [0.5, 0.6) is 23.0 Å². The van der Waals surface area contributed by atoms with Gasteiger partial charge in [-0.2, -0.15) is 0 Å². The summed E-state index contributed by atoms with van der Waals surface area (Å²) in [4.78, 5) is 20.6. The van der Waals surface area contributed by atoms with E-state index in [1.165, 1.54) is 0 Å². The number of likely N-dealkylation sites (N-methyl/N-ethyl adjacent to an activating group) is 1. The van der Waals surface area contributed by atoms with Crippen LogP contribution in [0.1, 0.15) is 6.92 Å². The van der Waals surface area contributed by atoms with E-state index >= 15 is 0 Å². The SMILES string of the molecule is COc1cc2c3cnc4cc5c(cc4c3c(=O)n(CCN(C)C)c2cc1OC)OC(C)O5. The van der Waals surface area contributed by atoms with E-state index in [9.17, 15) is 4.79 Å². The molecule has 0 saturated carbocycles. The minimum atomic E-state index is -0.373. The van der Waals surface area contributed by atoms with E-state index < -0.39 is 0 Å². The molecule has 2 aromatic carbocycles. The van der Waals surface area contributed by atoms with E-state index in [4.69, 9.17) is 18.9 Å². The van der Waals surface area contributed by atoms with Crippen molar-refractivity contribution in [3.05, 3.63) is 40.8 Å². The number of rotatable bonds is 5. The fourth-order valence-electron chi connectivity index (χ4n) is 4.27. The van der Waals surface area contributed by atoms with E-state index in [0.717, 1.165) is 21.7 Å². The molecular formula is C24H25N3O5. The first-order valence-electron chi connectivity index (χ1n) is 10.4. The van der Waals surface area contributed by atoms with Crippen molar-refractivity contribution < 1.29 is 18.9 Å². The first-order chi connectivity index (χ1) is 15.4. The Hall–Kier alpha value is -3.52. The number of hydrogen-bond donors (Lipinski definition) is 0. The second-order valence-corrected chi connectivity index (χ2v) is 8.15. The molecule has 2 aromatic heterocycles. The van der Waals surface area contributed by atoms with Gasteiger partial charge in [-0.15, -0.1) is 0 Å². The van der Waals surface area contributed by atoms with Gasteiger partial charge in [-0.1, -0.05) is 0 Å². The highest BCUT2D eigenvalue weighted by Crippen LogP contribution is 2.41. The number of pyridine rings is 2. The third-order valence-electron chi connectivity index (χ3n) is 5.83. The second-order valence-electron chi connectivity index (χ2n) is 8.15. The van der Waals surface area contributed by atoms with Gasteiger partial charge < -0.3 is 28.4 Å². The smallest absolute Gasteiger partial charge is 0.259 e. The normalized spacial score (nSPS) is 15.2. The molecule has 0 radical (unpaired) electrons. The highest BCUT2D eigenvalue weighted by atomic mass is 16.7. The number of hydrogen-bond acceptors (Lipinski definition) is 7. The van der Waals surface area contributed by atoms with Crippen LogP contribution in [0.25, 0.3) is 32.6 Å². The van der Waals surface area contributed by atoms with Crippen LogP contribution in [0.2, 0.25) is 0 Å². The van der Waals surface area contributed by atoms with Gasteiger partial charge in [-0.25, -0.2) is 0 Å². The zero-order chi connectivity index (χ0) is 22.6. The fraction of sp³-hybridized carbons (Fsp3) is 0.333. The molecule has 0 N–H and O–H groups in total. The molecule has 1 unspecified atom stereocenters. The minimum Gasteiger partial charge on any atom is -0.493 e. The molecule has 0 bridgehead atoms. The summed E-state index contributed by atoms with van der Waals surface area (Å²) in [6, 6.07) is 7.45. The van der Waals surface area contributed by atoms with E-state index in [2.05, 4.69) is 4.98 Å².